The SMILES string of the molecule is CC1(C)CCC(CN)(N2CCOC3CCCC32)CC1. The van der Waals surface area contributed by atoms with Gasteiger partial charge >= 0.3 is 0 Å². The molecule has 0 aromatic carbocycles. The largest absolute Gasteiger partial charge is 0.375 e. The molecule has 0 bridgehead atoms. The monoisotopic (exact) mass is 266 g/mol. The summed E-state index contributed by atoms with van der Waals surface area (Å²) in [5.41, 5.74) is 7.04. The maximum Gasteiger partial charge on any atom is 0.0731 e. The summed E-state index contributed by atoms with van der Waals surface area (Å²) in [5, 5.41) is 0. The van der Waals surface area contributed by atoms with Crippen molar-refractivity contribution in [1.29, 1.82) is 0 Å². The van der Waals surface area contributed by atoms with E-state index < -0.39 is 0 Å². The summed E-state index contributed by atoms with van der Waals surface area (Å²) in [6.45, 7) is 7.65. The van der Waals surface area contributed by atoms with Gasteiger partial charge in [-0.25, -0.2) is 0 Å². The maximum atomic E-state index is 6.26. The van der Waals surface area contributed by atoms with Crippen molar-refractivity contribution in [3.63, 3.8) is 0 Å². The Kier molecular flexibility index (Phi) is 3.65. The van der Waals surface area contributed by atoms with Gasteiger partial charge < -0.3 is 10.5 Å². The van der Waals surface area contributed by atoms with Crippen molar-refractivity contribution in [3.8, 4) is 0 Å². The van der Waals surface area contributed by atoms with Gasteiger partial charge in [0.05, 0.1) is 12.7 Å². The molecule has 3 fully saturated rings. The molecule has 3 heteroatoms. The van der Waals surface area contributed by atoms with Crippen molar-refractivity contribution < 1.29 is 4.74 Å². The molecule has 1 heterocycles. The van der Waals surface area contributed by atoms with Crippen LogP contribution in [-0.2, 0) is 4.74 Å². The van der Waals surface area contributed by atoms with Crippen molar-refractivity contribution >= 4 is 0 Å². The minimum atomic E-state index is 0.270. The minimum Gasteiger partial charge on any atom is -0.375 e. The van der Waals surface area contributed by atoms with E-state index in [0.29, 0.717) is 17.6 Å². The summed E-state index contributed by atoms with van der Waals surface area (Å²) in [6.07, 6.45) is 9.59. The van der Waals surface area contributed by atoms with Gasteiger partial charge in [0.25, 0.3) is 0 Å². The molecule has 0 radical (unpaired) electrons. The van der Waals surface area contributed by atoms with Gasteiger partial charge in [-0.15, -0.1) is 0 Å². The molecular weight excluding hydrogens is 236 g/mol. The second-order valence-electron chi connectivity index (χ2n) is 7.69. The predicted molar refractivity (Wildman–Crippen MR) is 78.1 cm³/mol. The lowest BCUT2D eigenvalue weighted by molar-refractivity contribution is -0.112. The zero-order valence-corrected chi connectivity index (χ0v) is 12.7. The Balaban J connectivity index is 1.78. The lowest BCUT2D eigenvalue weighted by Gasteiger charge is -2.54. The van der Waals surface area contributed by atoms with Crippen LogP contribution in [-0.4, -0.2) is 42.3 Å². The van der Waals surface area contributed by atoms with Crippen LogP contribution in [0.1, 0.15) is 58.8 Å². The first-order chi connectivity index (χ1) is 9.06. The first-order valence-corrected chi connectivity index (χ1v) is 8.15. The number of fused-ring (bicyclic) bond motifs is 1. The Hall–Kier alpha value is -0.120. The lowest BCUT2D eigenvalue weighted by Crippen LogP contribution is -2.64. The first kappa shape index (κ1) is 13.8. The van der Waals surface area contributed by atoms with Gasteiger partial charge in [0.15, 0.2) is 0 Å². The molecule has 3 aliphatic rings. The third-order valence-corrected chi connectivity index (χ3v) is 6.01. The zero-order chi connectivity index (χ0) is 13.5. The molecule has 110 valence electrons. The van der Waals surface area contributed by atoms with Crippen molar-refractivity contribution in [3.05, 3.63) is 0 Å². The normalized spacial score (nSPS) is 38.1. The maximum absolute atomic E-state index is 6.26. The van der Waals surface area contributed by atoms with Gasteiger partial charge in [0, 0.05) is 24.7 Å². The van der Waals surface area contributed by atoms with Gasteiger partial charge in [0.1, 0.15) is 0 Å². The van der Waals surface area contributed by atoms with Crippen molar-refractivity contribution in [2.75, 3.05) is 19.7 Å². The molecule has 1 aliphatic heterocycles. The number of nitrogens with zero attached hydrogens (tertiary/aromatic N) is 1. The highest BCUT2D eigenvalue weighted by Gasteiger charge is 2.48. The molecule has 2 N–H and O–H groups in total. The number of morpholine rings is 1. The summed E-state index contributed by atoms with van der Waals surface area (Å²) < 4.78 is 5.97. The summed E-state index contributed by atoms with van der Waals surface area (Å²) in [7, 11) is 0. The molecule has 2 saturated carbocycles. The number of hydrogen-bond donors (Lipinski definition) is 1. The van der Waals surface area contributed by atoms with E-state index in [4.69, 9.17) is 10.5 Å². The molecule has 0 aromatic heterocycles. The van der Waals surface area contributed by atoms with Crippen molar-refractivity contribution in [2.24, 2.45) is 11.1 Å². The number of nitrogens with two attached hydrogens (primary N) is 1. The molecular formula is C16H30N2O. The molecule has 2 unspecified atom stereocenters. The highest BCUT2D eigenvalue weighted by atomic mass is 16.5. The molecule has 0 spiro atoms. The number of ether oxygens (including phenoxy) is 1. The van der Waals surface area contributed by atoms with Gasteiger partial charge in [-0.1, -0.05) is 13.8 Å². The quantitative estimate of drug-likeness (QED) is 0.835. The van der Waals surface area contributed by atoms with Crippen LogP contribution in [0.2, 0.25) is 0 Å². The van der Waals surface area contributed by atoms with Crippen molar-refractivity contribution in [1.82, 2.24) is 4.90 Å². The molecule has 0 aromatic rings. The highest BCUT2D eigenvalue weighted by molar-refractivity contribution is 5.03. The second kappa shape index (κ2) is 5.01. The average Bonchev–Trinajstić information content (AvgIpc) is 2.88. The van der Waals surface area contributed by atoms with Crippen LogP contribution in [0.3, 0.4) is 0 Å². The minimum absolute atomic E-state index is 0.270. The summed E-state index contributed by atoms with van der Waals surface area (Å²) >= 11 is 0. The van der Waals surface area contributed by atoms with E-state index in [1.54, 1.807) is 0 Å². The van der Waals surface area contributed by atoms with Crippen LogP contribution in [0.4, 0.5) is 0 Å². The summed E-state index contributed by atoms with van der Waals surface area (Å²) in [5.74, 6) is 0. The van der Waals surface area contributed by atoms with Crippen molar-refractivity contribution in [2.45, 2.75) is 76.5 Å². The average molecular weight is 266 g/mol. The van der Waals surface area contributed by atoms with Crippen LogP contribution in [0.5, 0.6) is 0 Å². The zero-order valence-electron chi connectivity index (χ0n) is 12.7. The predicted octanol–water partition coefficient (Wildman–Crippen LogP) is 2.54. The van der Waals surface area contributed by atoms with E-state index in [0.717, 1.165) is 19.7 Å². The fourth-order valence-electron chi connectivity index (χ4n) is 4.52. The van der Waals surface area contributed by atoms with Crippen LogP contribution in [0, 0.1) is 5.41 Å². The fourth-order valence-corrected chi connectivity index (χ4v) is 4.52. The summed E-state index contributed by atoms with van der Waals surface area (Å²) in [6, 6.07) is 0.651. The molecule has 2 aliphatic carbocycles. The third-order valence-electron chi connectivity index (χ3n) is 6.01. The smallest absolute Gasteiger partial charge is 0.0731 e. The van der Waals surface area contributed by atoms with Crippen LogP contribution < -0.4 is 5.73 Å². The lowest BCUT2D eigenvalue weighted by atomic mass is 9.68. The van der Waals surface area contributed by atoms with E-state index in [1.165, 1.54) is 44.9 Å². The van der Waals surface area contributed by atoms with E-state index in [1.807, 2.05) is 0 Å². The Bertz CT molecular complexity index is 319. The van der Waals surface area contributed by atoms with Crippen LogP contribution in [0.25, 0.3) is 0 Å². The van der Waals surface area contributed by atoms with Crippen LogP contribution in [0.15, 0.2) is 0 Å². The number of rotatable bonds is 2. The highest BCUT2D eigenvalue weighted by Crippen LogP contribution is 2.45. The van der Waals surface area contributed by atoms with Gasteiger partial charge in [-0.3, -0.25) is 4.90 Å². The Morgan fingerprint density at radius 3 is 2.58 bits per heavy atom. The molecule has 1 saturated heterocycles. The van der Waals surface area contributed by atoms with Gasteiger partial charge in [-0.2, -0.15) is 0 Å². The van der Waals surface area contributed by atoms with E-state index in [2.05, 4.69) is 18.7 Å². The molecule has 0 amide bonds. The number of hydrogen-bond acceptors (Lipinski definition) is 3. The Morgan fingerprint density at radius 1 is 1.16 bits per heavy atom. The molecule has 3 rings (SSSR count). The van der Waals surface area contributed by atoms with Gasteiger partial charge in [-0.05, 0) is 50.4 Å². The molecule has 3 nitrogen and oxygen atoms in total. The van der Waals surface area contributed by atoms with Crippen LogP contribution >= 0.6 is 0 Å². The van der Waals surface area contributed by atoms with E-state index >= 15 is 0 Å². The van der Waals surface area contributed by atoms with Gasteiger partial charge in [0.2, 0.25) is 0 Å². The molecule has 2 atom stereocenters. The fraction of sp³-hybridized carbons (Fsp3) is 1.00. The van der Waals surface area contributed by atoms with E-state index in [9.17, 15) is 0 Å². The summed E-state index contributed by atoms with van der Waals surface area (Å²) in [4.78, 5) is 2.77. The van der Waals surface area contributed by atoms with E-state index in [-0.39, 0.29) is 5.54 Å². The molecule has 19 heavy (non-hydrogen) atoms. The first-order valence-electron chi connectivity index (χ1n) is 8.15. The second-order valence-corrected chi connectivity index (χ2v) is 7.69. The topological polar surface area (TPSA) is 38.5 Å². The standard InChI is InChI=1S/C16H30N2O/c1-15(2)6-8-16(12-17,9-7-15)18-10-11-19-14-5-3-4-13(14)18/h13-14H,3-12,17H2,1-2H3. The third kappa shape index (κ3) is 2.45. The Labute approximate surface area is 117 Å². The Morgan fingerprint density at radius 2 is 1.89 bits per heavy atom.